The van der Waals surface area contributed by atoms with Gasteiger partial charge in [0.15, 0.2) is 0 Å². The van der Waals surface area contributed by atoms with Crippen LogP contribution in [0, 0.1) is 0 Å². The maximum atomic E-state index is 13.0. The molecule has 7 nitrogen and oxygen atoms in total. The molecule has 0 saturated heterocycles. The molecule has 0 radical (unpaired) electrons. The molecule has 1 aliphatic rings. The number of aromatic amines is 1. The lowest BCUT2D eigenvalue weighted by Crippen LogP contribution is -2.41. The van der Waals surface area contributed by atoms with Crippen molar-refractivity contribution in [3.8, 4) is 0 Å². The van der Waals surface area contributed by atoms with Gasteiger partial charge in [0, 0.05) is 18.5 Å². The number of hydrogen-bond donors (Lipinski definition) is 1. The van der Waals surface area contributed by atoms with Gasteiger partial charge in [-0.05, 0) is 23.1 Å². The molecule has 0 aliphatic carbocycles. The van der Waals surface area contributed by atoms with Crippen molar-refractivity contribution in [2.75, 3.05) is 6.54 Å². The van der Waals surface area contributed by atoms with Crippen LogP contribution in [0.25, 0.3) is 10.9 Å². The quantitative estimate of drug-likeness (QED) is 0.555. The molecular formula is C24H22N4O3. The molecule has 2 aromatic carbocycles. The molecule has 0 fully saturated rings. The predicted molar refractivity (Wildman–Crippen MR) is 117 cm³/mol. The number of ether oxygens (including phenoxy) is 1. The number of carbonyl (C=O) groups excluding carboxylic acids is 1. The Morgan fingerprint density at radius 1 is 1.10 bits per heavy atom. The molecular weight excluding hydrogens is 392 g/mol. The number of para-hydroxylation sites is 1. The minimum atomic E-state index is -0.429. The van der Waals surface area contributed by atoms with E-state index in [1.54, 1.807) is 15.8 Å². The van der Waals surface area contributed by atoms with Crippen molar-refractivity contribution in [2.45, 2.75) is 26.1 Å². The van der Waals surface area contributed by atoms with E-state index in [9.17, 15) is 9.59 Å². The number of nitrogens with one attached hydrogen (secondary N) is 1. The van der Waals surface area contributed by atoms with E-state index in [-0.39, 0.29) is 18.7 Å². The average molecular weight is 414 g/mol. The number of aromatic nitrogens is 3. The second kappa shape index (κ2) is 8.10. The van der Waals surface area contributed by atoms with E-state index in [0.29, 0.717) is 25.1 Å². The number of rotatable bonds is 4. The van der Waals surface area contributed by atoms with E-state index in [1.165, 1.54) is 0 Å². The van der Waals surface area contributed by atoms with Crippen molar-refractivity contribution in [3.05, 3.63) is 99.9 Å². The third-order valence-electron chi connectivity index (χ3n) is 5.58. The molecule has 1 N–H and O–H groups in total. The largest absolute Gasteiger partial charge is 0.443 e. The maximum absolute atomic E-state index is 13.0. The molecule has 0 bridgehead atoms. The van der Waals surface area contributed by atoms with Gasteiger partial charge in [-0.25, -0.2) is 9.78 Å². The van der Waals surface area contributed by atoms with Crippen molar-refractivity contribution >= 4 is 17.0 Å². The Balaban J connectivity index is 1.28. The summed E-state index contributed by atoms with van der Waals surface area (Å²) < 4.78 is 7.10. The van der Waals surface area contributed by atoms with Crippen LogP contribution < -0.4 is 5.56 Å². The van der Waals surface area contributed by atoms with E-state index < -0.39 is 6.09 Å². The van der Waals surface area contributed by atoms with Gasteiger partial charge in [-0.1, -0.05) is 48.5 Å². The molecule has 4 aromatic rings. The third kappa shape index (κ3) is 3.94. The number of H-pyrrole nitrogens is 1. The summed E-state index contributed by atoms with van der Waals surface area (Å²) in [7, 11) is 0. The maximum Gasteiger partial charge on any atom is 0.410 e. The van der Waals surface area contributed by atoms with E-state index >= 15 is 0 Å². The highest BCUT2D eigenvalue weighted by atomic mass is 16.6. The topological polar surface area (TPSA) is 80.2 Å². The fourth-order valence-electron chi connectivity index (χ4n) is 3.94. The fourth-order valence-corrected chi connectivity index (χ4v) is 3.94. The standard InChI is InChI=1S/C24H22N4O3/c29-23-20-14-27(24(30)31-15-19-12-18-8-4-5-9-21(18)26-19)11-10-22(20)25-16-28(23)13-17-6-2-1-3-7-17/h1-9,12,16,26H,10-11,13-15H2. The van der Waals surface area contributed by atoms with Crippen LogP contribution in [-0.2, 0) is 30.9 Å². The highest BCUT2D eigenvalue weighted by Crippen LogP contribution is 2.18. The molecule has 0 unspecified atom stereocenters. The summed E-state index contributed by atoms with van der Waals surface area (Å²) in [6, 6.07) is 19.7. The van der Waals surface area contributed by atoms with Crippen molar-refractivity contribution in [2.24, 2.45) is 0 Å². The average Bonchev–Trinajstić information content (AvgIpc) is 3.23. The number of hydrogen-bond acceptors (Lipinski definition) is 4. The molecule has 1 amide bonds. The van der Waals surface area contributed by atoms with Gasteiger partial charge >= 0.3 is 6.09 Å². The Kier molecular flexibility index (Phi) is 5.00. The smallest absolute Gasteiger partial charge is 0.410 e. The highest BCUT2D eigenvalue weighted by Gasteiger charge is 2.25. The van der Waals surface area contributed by atoms with E-state index in [1.807, 2.05) is 60.7 Å². The Hall–Kier alpha value is -3.87. The van der Waals surface area contributed by atoms with Crippen molar-refractivity contribution in [1.82, 2.24) is 19.4 Å². The van der Waals surface area contributed by atoms with Crippen LogP contribution in [0.3, 0.4) is 0 Å². The second-order valence-corrected chi connectivity index (χ2v) is 7.70. The van der Waals surface area contributed by atoms with Crippen LogP contribution in [0.4, 0.5) is 4.79 Å². The number of amides is 1. The summed E-state index contributed by atoms with van der Waals surface area (Å²) in [5, 5.41) is 1.07. The van der Waals surface area contributed by atoms with Crippen LogP contribution in [-0.4, -0.2) is 32.1 Å². The monoisotopic (exact) mass is 414 g/mol. The Labute approximate surface area is 178 Å². The Bertz CT molecular complexity index is 1260. The first-order chi connectivity index (χ1) is 15.2. The molecule has 3 heterocycles. The summed E-state index contributed by atoms with van der Waals surface area (Å²) in [5.74, 6) is 0. The molecule has 2 aromatic heterocycles. The van der Waals surface area contributed by atoms with Gasteiger partial charge in [0.1, 0.15) is 6.61 Å². The summed E-state index contributed by atoms with van der Waals surface area (Å²) in [6.45, 7) is 1.29. The fraction of sp³-hybridized carbons (Fsp3) is 0.208. The third-order valence-corrected chi connectivity index (χ3v) is 5.58. The number of fused-ring (bicyclic) bond motifs is 2. The zero-order chi connectivity index (χ0) is 21.2. The first kappa shape index (κ1) is 19.1. The van der Waals surface area contributed by atoms with Crippen molar-refractivity contribution in [3.63, 3.8) is 0 Å². The van der Waals surface area contributed by atoms with Gasteiger partial charge in [-0.15, -0.1) is 0 Å². The second-order valence-electron chi connectivity index (χ2n) is 7.70. The van der Waals surface area contributed by atoms with Crippen LogP contribution in [0.5, 0.6) is 0 Å². The summed E-state index contributed by atoms with van der Waals surface area (Å²) >= 11 is 0. The highest BCUT2D eigenvalue weighted by molar-refractivity contribution is 5.80. The van der Waals surface area contributed by atoms with Gasteiger partial charge in [0.05, 0.1) is 36.4 Å². The number of nitrogens with zero attached hydrogens (tertiary/aromatic N) is 3. The minimum Gasteiger partial charge on any atom is -0.443 e. The van der Waals surface area contributed by atoms with Gasteiger partial charge in [0.25, 0.3) is 5.56 Å². The van der Waals surface area contributed by atoms with Gasteiger partial charge < -0.3 is 14.6 Å². The zero-order valence-corrected chi connectivity index (χ0v) is 17.0. The first-order valence-corrected chi connectivity index (χ1v) is 10.3. The van der Waals surface area contributed by atoms with Gasteiger partial charge in [-0.2, -0.15) is 0 Å². The van der Waals surface area contributed by atoms with Crippen LogP contribution >= 0.6 is 0 Å². The molecule has 31 heavy (non-hydrogen) atoms. The predicted octanol–water partition coefficient (Wildman–Crippen LogP) is 3.47. The normalized spacial score (nSPS) is 13.2. The zero-order valence-electron chi connectivity index (χ0n) is 17.0. The molecule has 7 heteroatoms. The van der Waals surface area contributed by atoms with E-state index in [4.69, 9.17) is 4.74 Å². The summed E-state index contributed by atoms with van der Waals surface area (Å²) in [6.07, 6.45) is 1.71. The molecule has 0 atom stereocenters. The van der Waals surface area contributed by atoms with Crippen LogP contribution in [0.1, 0.15) is 22.5 Å². The lowest BCUT2D eigenvalue weighted by atomic mass is 10.1. The Morgan fingerprint density at radius 3 is 2.74 bits per heavy atom. The number of carbonyl (C=O) groups is 1. The van der Waals surface area contributed by atoms with Gasteiger partial charge in [0.2, 0.25) is 0 Å². The molecule has 5 rings (SSSR count). The van der Waals surface area contributed by atoms with Crippen molar-refractivity contribution in [1.29, 1.82) is 0 Å². The first-order valence-electron chi connectivity index (χ1n) is 10.3. The lowest BCUT2D eigenvalue weighted by Gasteiger charge is -2.27. The van der Waals surface area contributed by atoms with E-state index in [2.05, 4.69) is 9.97 Å². The molecule has 156 valence electrons. The van der Waals surface area contributed by atoms with Crippen molar-refractivity contribution < 1.29 is 9.53 Å². The summed E-state index contributed by atoms with van der Waals surface area (Å²) in [5.41, 5.74) is 4.07. The van der Waals surface area contributed by atoms with Crippen LogP contribution in [0.2, 0.25) is 0 Å². The SMILES string of the molecule is O=C(OCc1cc2ccccc2[nH]1)N1CCc2ncn(Cc3ccccc3)c(=O)c2C1. The molecule has 0 saturated carbocycles. The lowest BCUT2D eigenvalue weighted by molar-refractivity contribution is 0.0904. The number of benzene rings is 2. The summed E-state index contributed by atoms with van der Waals surface area (Å²) in [4.78, 5) is 34.9. The molecule has 1 aliphatic heterocycles. The minimum absolute atomic E-state index is 0.109. The van der Waals surface area contributed by atoms with Gasteiger partial charge in [-0.3, -0.25) is 9.36 Å². The Morgan fingerprint density at radius 2 is 1.90 bits per heavy atom. The molecule has 0 spiro atoms. The van der Waals surface area contributed by atoms with E-state index in [0.717, 1.165) is 27.9 Å². The van der Waals surface area contributed by atoms with Crippen LogP contribution in [0.15, 0.2) is 71.8 Å².